The van der Waals surface area contributed by atoms with E-state index in [-0.39, 0.29) is 22.3 Å². The van der Waals surface area contributed by atoms with Gasteiger partial charge in [0.2, 0.25) is 0 Å². The van der Waals surface area contributed by atoms with Gasteiger partial charge in [-0.3, -0.25) is 0 Å². The monoisotopic (exact) mass is 664 g/mol. The number of hydrogen-bond donors (Lipinski definition) is 0. The molecule has 4 aromatic rings. The van der Waals surface area contributed by atoms with Gasteiger partial charge in [0.1, 0.15) is 0 Å². The summed E-state index contributed by atoms with van der Waals surface area (Å²) < 4.78 is 15.5. The molecule has 0 N–H and O–H groups in total. The Morgan fingerprint density at radius 2 is 0.978 bits per heavy atom. The Labute approximate surface area is 284 Å². The van der Waals surface area contributed by atoms with E-state index in [0.717, 1.165) is 24.0 Å². The number of benzene rings is 4. The normalized spacial score (nSPS) is 18.9. The average Bonchev–Trinajstić information content (AvgIpc) is 3.05. The van der Waals surface area contributed by atoms with Crippen molar-refractivity contribution in [2.24, 2.45) is 0 Å². The van der Waals surface area contributed by atoms with E-state index >= 15 is 0 Å². The molecule has 1 fully saturated rings. The first-order valence-corrected chi connectivity index (χ1v) is 20.8. The Balaban J connectivity index is 1.65. The number of alkyl halides is 1. The van der Waals surface area contributed by atoms with Gasteiger partial charge in [0.15, 0.2) is 0 Å². The molecule has 1 aliphatic rings. The van der Waals surface area contributed by atoms with Crippen LogP contribution in [0.15, 0.2) is 145 Å². The maximum atomic E-state index is 7.74. The summed E-state index contributed by atoms with van der Waals surface area (Å²) in [6, 6.07) is 43.5. The van der Waals surface area contributed by atoms with Gasteiger partial charge in [-0.05, 0) is 48.4 Å². The molecule has 0 bridgehead atoms. The molecule has 5 heteroatoms. The van der Waals surface area contributed by atoms with Crippen LogP contribution in [0.3, 0.4) is 0 Å². The van der Waals surface area contributed by atoms with Crippen LogP contribution in [0.2, 0.25) is 10.1 Å². The van der Waals surface area contributed by atoms with E-state index in [1.54, 1.807) is 0 Å². The van der Waals surface area contributed by atoms with Gasteiger partial charge in [0.05, 0.1) is 12.2 Å². The summed E-state index contributed by atoms with van der Waals surface area (Å²) >= 11 is 6.41. The molecule has 1 saturated carbocycles. The molecule has 240 valence electrons. The van der Waals surface area contributed by atoms with Crippen molar-refractivity contribution in [3.8, 4) is 0 Å². The zero-order chi connectivity index (χ0) is 33.0. The van der Waals surface area contributed by atoms with Crippen LogP contribution in [0.25, 0.3) is 0 Å². The molecule has 0 amide bonds. The summed E-state index contributed by atoms with van der Waals surface area (Å²) in [5.74, 6) is 0.423. The lowest BCUT2D eigenvalue weighted by Crippen LogP contribution is -2.69. The number of hydrogen-bond acceptors (Lipinski definition) is 2. The summed E-state index contributed by atoms with van der Waals surface area (Å²) in [4.78, 5) is 0. The first-order chi connectivity index (χ1) is 21.9. The molecule has 5 rings (SSSR count). The summed E-state index contributed by atoms with van der Waals surface area (Å²) in [5, 5.41) is 4.81. The molecule has 4 aromatic carbocycles. The fraction of sp³-hybridized carbons (Fsp3) is 0.317. The fourth-order valence-electron chi connectivity index (χ4n) is 7.41. The van der Waals surface area contributed by atoms with E-state index in [0.29, 0.717) is 5.88 Å². The Kier molecular flexibility index (Phi) is 10.5. The summed E-state index contributed by atoms with van der Waals surface area (Å²) in [5.41, 5.74) is 2.17. The van der Waals surface area contributed by atoms with Crippen LogP contribution in [0.1, 0.15) is 54.4 Å². The highest BCUT2D eigenvalue weighted by Gasteiger charge is 2.55. The molecule has 0 spiro atoms. The van der Waals surface area contributed by atoms with Gasteiger partial charge in [0.25, 0.3) is 16.6 Å². The molecular formula is C41H49ClO2Si2. The summed E-state index contributed by atoms with van der Waals surface area (Å²) in [7, 11) is -5.65. The minimum Gasteiger partial charge on any atom is -0.404 e. The van der Waals surface area contributed by atoms with E-state index in [1.807, 2.05) is 0 Å². The summed E-state index contributed by atoms with van der Waals surface area (Å²) in [6.45, 7) is 18.7. The van der Waals surface area contributed by atoms with Gasteiger partial charge in [-0.15, -0.1) is 11.6 Å². The Hall–Kier alpha value is -3.00. The molecule has 0 unspecified atom stereocenters. The highest BCUT2D eigenvalue weighted by atomic mass is 35.5. The highest BCUT2D eigenvalue weighted by molar-refractivity contribution is 7.00. The third-order valence-electron chi connectivity index (χ3n) is 9.55. The Bertz CT molecular complexity index is 1530. The highest BCUT2D eigenvalue weighted by Crippen LogP contribution is 2.44. The number of allylic oxidation sites excluding steroid dienone is 1. The Morgan fingerprint density at radius 1 is 0.630 bits per heavy atom. The van der Waals surface area contributed by atoms with E-state index in [2.05, 4.69) is 176 Å². The van der Waals surface area contributed by atoms with Crippen molar-refractivity contribution in [1.29, 1.82) is 0 Å². The van der Waals surface area contributed by atoms with Crippen LogP contribution in [0.4, 0.5) is 0 Å². The van der Waals surface area contributed by atoms with E-state index in [4.69, 9.17) is 20.5 Å². The van der Waals surface area contributed by atoms with Crippen LogP contribution in [0, 0.1) is 0 Å². The zero-order valence-corrected chi connectivity index (χ0v) is 31.1. The van der Waals surface area contributed by atoms with E-state index < -0.39 is 16.6 Å². The lowest BCUT2D eigenvalue weighted by Gasteiger charge is -2.49. The van der Waals surface area contributed by atoms with Gasteiger partial charge in [-0.2, -0.15) is 0 Å². The third kappa shape index (κ3) is 6.56. The molecule has 1 aliphatic carbocycles. The maximum Gasteiger partial charge on any atom is 0.261 e. The average molecular weight is 665 g/mol. The second kappa shape index (κ2) is 14.0. The van der Waals surface area contributed by atoms with Gasteiger partial charge in [-0.1, -0.05) is 176 Å². The SMILES string of the molecule is C=C1/C(=C\CCl)C[C@H](O[Si](c2ccccc2)(c2ccccc2)C(C)(C)C)C[C@@H]1O[Si](c1ccccc1)(c1ccccc1)C(C)(C)C. The molecule has 0 saturated heterocycles. The van der Waals surface area contributed by atoms with Crippen LogP contribution in [-0.2, 0) is 8.85 Å². The Morgan fingerprint density at radius 3 is 1.30 bits per heavy atom. The lowest BCUT2D eigenvalue weighted by molar-refractivity contribution is 0.102. The van der Waals surface area contributed by atoms with Crippen LogP contribution in [-0.4, -0.2) is 34.7 Å². The molecular weight excluding hydrogens is 616 g/mol. The van der Waals surface area contributed by atoms with Gasteiger partial charge in [0, 0.05) is 12.3 Å². The maximum absolute atomic E-state index is 7.74. The predicted molar refractivity (Wildman–Crippen MR) is 202 cm³/mol. The van der Waals surface area contributed by atoms with Gasteiger partial charge >= 0.3 is 0 Å². The first kappa shape index (κ1) is 34.3. The van der Waals surface area contributed by atoms with E-state index in [1.165, 1.54) is 20.7 Å². The van der Waals surface area contributed by atoms with Gasteiger partial charge < -0.3 is 8.85 Å². The van der Waals surface area contributed by atoms with Crippen molar-refractivity contribution >= 4 is 49.0 Å². The quantitative estimate of drug-likeness (QED) is 0.132. The van der Waals surface area contributed by atoms with Crippen molar-refractivity contribution < 1.29 is 8.85 Å². The molecule has 0 heterocycles. The van der Waals surface area contributed by atoms with Crippen molar-refractivity contribution in [3.63, 3.8) is 0 Å². The number of halogens is 1. The van der Waals surface area contributed by atoms with Crippen molar-refractivity contribution in [2.45, 2.75) is 76.7 Å². The second-order valence-corrected chi connectivity index (χ2v) is 23.3. The lowest BCUT2D eigenvalue weighted by atomic mass is 9.86. The van der Waals surface area contributed by atoms with Crippen LogP contribution < -0.4 is 20.7 Å². The molecule has 0 aliphatic heterocycles. The fourth-order valence-corrected chi connectivity index (χ4v) is 17.0. The number of rotatable bonds is 9. The topological polar surface area (TPSA) is 18.5 Å². The minimum absolute atomic E-state index is 0.0746. The molecule has 0 radical (unpaired) electrons. The predicted octanol–water partition coefficient (Wildman–Crippen LogP) is 8.39. The van der Waals surface area contributed by atoms with Gasteiger partial charge in [-0.25, -0.2) is 0 Å². The largest absolute Gasteiger partial charge is 0.404 e. The zero-order valence-electron chi connectivity index (χ0n) is 28.3. The molecule has 46 heavy (non-hydrogen) atoms. The molecule has 2 atom stereocenters. The standard InChI is InChI=1S/C41H49ClO2Si2/c1-32-33(28-29-42)30-34(43-45(40(2,3)4,35-20-12-8-13-21-35)36-22-14-9-15-23-36)31-39(32)44-46(41(5,6)7,37-24-16-10-17-25-37)38-26-18-11-19-27-38/h8-28,34,39H,1,29-31H2,2-7H3/b33-28-/t34-,39-/m0/s1. The second-order valence-electron chi connectivity index (χ2n) is 14.5. The minimum atomic E-state index is -2.85. The van der Waals surface area contributed by atoms with Crippen molar-refractivity contribution in [2.75, 3.05) is 5.88 Å². The molecule has 0 aromatic heterocycles. The third-order valence-corrected chi connectivity index (χ3v) is 19.8. The summed E-state index contributed by atoms with van der Waals surface area (Å²) in [6.07, 6.45) is 3.31. The molecule has 2 nitrogen and oxygen atoms in total. The van der Waals surface area contributed by atoms with Crippen molar-refractivity contribution in [3.05, 3.63) is 145 Å². The first-order valence-electron chi connectivity index (χ1n) is 16.5. The van der Waals surface area contributed by atoms with Crippen LogP contribution >= 0.6 is 11.6 Å². The smallest absolute Gasteiger partial charge is 0.261 e. The van der Waals surface area contributed by atoms with Crippen molar-refractivity contribution in [1.82, 2.24) is 0 Å². The van der Waals surface area contributed by atoms with Crippen LogP contribution in [0.5, 0.6) is 0 Å². The van der Waals surface area contributed by atoms with E-state index in [9.17, 15) is 0 Å².